The second kappa shape index (κ2) is 15.6. The van der Waals surface area contributed by atoms with Crippen LogP contribution in [-0.4, -0.2) is 43.2 Å². The highest BCUT2D eigenvalue weighted by molar-refractivity contribution is 6.29. The van der Waals surface area contributed by atoms with Gasteiger partial charge in [0.25, 0.3) is 0 Å². The fraction of sp³-hybridized carbons (Fsp3) is 0.690. The molecule has 0 spiro atoms. The number of likely N-dealkylation sites (tertiary alicyclic amines) is 1. The Morgan fingerprint density at radius 3 is 2.33 bits per heavy atom. The lowest BCUT2D eigenvalue weighted by Gasteiger charge is -2.40. The van der Waals surface area contributed by atoms with Gasteiger partial charge in [-0.3, -0.25) is 0 Å². The molecule has 3 nitrogen and oxygen atoms in total. The zero-order chi connectivity index (χ0) is 23.9. The number of piperidine rings is 1. The number of carbonyl (C=O) groups excluding carboxylic acids is 1. The number of carbonyl (C=O) groups is 1. The predicted molar refractivity (Wildman–Crippen MR) is 141 cm³/mol. The molecule has 1 saturated heterocycles. The molecule has 0 unspecified atom stereocenters. The average molecular weight is 477 g/mol. The molecule has 1 fully saturated rings. The molecule has 0 radical (unpaired) electrons. The van der Waals surface area contributed by atoms with Gasteiger partial charge in [-0.15, -0.1) is 0 Å². The van der Waals surface area contributed by atoms with Crippen LogP contribution in [0.25, 0.3) is 0 Å². The van der Waals surface area contributed by atoms with Gasteiger partial charge in [0.05, 0.1) is 26.2 Å². The van der Waals surface area contributed by atoms with E-state index in [1.165, 1.54) is 74.5 Å². The van der Waals surface area contributed by atoms with Crippen LogP contribution in [0.15, 0.2) is 29.3 Å². The number of rotatable bonds is 15. The van der Waals surface area contributed by atoms with Gasteiger partial charge in [0.1, 0.15) is 0 Å². The van der Waals surface area contributed by atoms with Crippen molar-refractivity contribution in [1.82, 2.24) is 0 Å². The fourth-order valence-corrected chi connectivity index (χ4v) is 5.13. The Bertz CT molecular complexity index is 737. The Kier molecular flexibility index (Phi) is 13.2. The lowest BCUT2D eigenvalue weighted by molar-refractivity contribution is -0.920. The van der Waals surface area contributed by atoms with Crippen molar-refractivity contribution in [2.45, 2.75) is 97.8 Å². The fourth-order valence-electron chi connectivity index (χ4n) is 4.92. The highest BCUT2D eigenvalue weighted by Gasteiger charge is 2.32. The van der Waals surface area contributed by atoms with Crippen LogP contribution in [-0.2, 0) is 16.0 Å². The van der Waals surface area contributed by atoms with Gasteiger partial charge in [-0.2, -0.15) is 0 Å². The van der Waals surface area contributed by atoms with E-state index >= 15 is 0 Å². The molecule has 1 aromatic rings. The molecule has 0 N–H and O–H groups in total. The van der Waals surface area contributed by atoms with Crippen molar-refractivity contribution < 1.29 is 14.0 Å². The smallest absolute Gasteiger partial charge is 0.361 e. The molecule has 0 amide bonds. The number of halogens is 1. The minimum atomic E-state index is -0.0428. The lowest BCUT2D eigenvalue weighted by Crippen LogP contribution is -2.54. The standard InChI is InChI=1S/C29H47ClNO2/c1-4-5-6-7-8-9-10-14-21-33-29(32)24-31(18-12-11-13-19-31)20-17-28(30)23-27-16-15-25(2)22-26(27)3/h15-17,22H,4-14,18-21,23-24H2,1-3H3/q+1. The molecule has 0 saturated carbocycles. The minimum absolute atomic E-state index is 0.0428. The Morgan fingerprint density at radius 1 is 1.00 bits per heavy atom. The number of benzene rings is 1. The van der Waals surface area contributed by atoms with Crippen LogP contribution in [0, 0.1) is 13.8 Å². The van der Waals surface area contributed by atoms with Crippen LogP contribution in [0.4, 0.5) is 0 Å². The average Bonchev–Trinajstić information content (AvgIpc) is 2.79. The number of nitrogens with zero attached hydrogens (tertiary/aromatic N) is 1. The molecule has 33 heavy (non-hydrogen) atoms. The second-order valence-corrected chi connectivity index (χ2v) is 10.6. The predicted octanol–water partition coefficient (Wildman–Crippen LogP) is 7.65. The molecule has 4 heteroatoms. The summed E-state index contributed by atoms with van der Waals surface area (Å²) in [4.78, 5) is 12.6. The number of aryl methyl sites for hydroxylation is 2. The normalized spacial score (nSPS) is 16.1. The van der Waals surface area contributed by atoms with Crippen LogP contribution < -0.4 is 0 Å². The molecular formula is C29H47ClNO2+. The van der Waals surface area contributed by atoms with Crippen LogP contribution in [0.2, 0.25) is 0 Å². The third-order valence-electron chi connectivity index (χ3n) is 7.05. The molecule has 0 aromatic heterocycles. The molecule has 1 aliphatic rings. The van der Waals surface area contributed by atoms with Crippen LogP contribution >= 0.6 is 11.6 Å². The summed E-state index contributed by atoms with van der Waals surface area (Å²) in [6.07, 6.45) is 16.6. The first-order valence-electron chi connectivity index (χ1n) is 13.4. The van der Waals surface area contributed by atoms with Gasteiger partial charge < -0.3 is 9.22 Å². The largest absolute Gasteiger partial charge is 0.462 e. The highest BCUT2D eigenvalue weighted by atomic mass is 35.5. The summed E-state index contributed by atoms with van der Waals surface area (Å²) in [7, 11) is 0. The van der Waals surface area contributed by atoms with Gasteiger partial charge in [-0.1, -0.05) is 87.2 Å². The Labute approximate surface area is 208 Å². The van der Waals surface area contributed by atoms with Crippen molar-refractivity contribution in [3.05, 3.63) is 46.0 Å². The van der Waals surface area contributed by atoms with Gasteiger partial charge in [-0.05, 0) is 56.7 Å². The van der Waals surface area contributed by atoms with Crippen molar-refractivity contribution in [3.8, 4) is 0 Å². The zero-order valence-electron chi connectivity index (χ0n) is 21.5. The third-order valence-corrected chi connectivity index (χ3v) is 7.34. The van der Waals surface area contributed by atoms with E-state index in [-0.39, 0.29) is 5.97 Å². The van der Waals surface area contributed by atoms with Crippen molar-refractivity contribution in [2.24, 2.45) is 0 Å². The van der Waals surface area contributed by atoms with Crippen molar-refractivity contribution in [3.63, 3.8) is 0 Å². The monoisotopic (exact) mass is 476 g/mol. The van der Waals surface area contributed by atoms with E-state index in [1.54, 1.807) is 0 Å². The SMILES string of the molecule is CCCCCCCCCCOC(=O)C[N+]1(CC=C(Cl)Cc2ccc(C)cc2C)CCCCC1. The number of ether oxygens (including phenoxy) is 1. The summed E-state index contributed by atoms with van der Waals surface area (Å²) < 4.78 is 6.43. The quantitative estimate of drug-likeness (QED) is 0.147. The van der Waals surface area contributed by atoms with Crippen LogP contribution in [0.5, 0.6) is 0 Å². The van der Waals surface area contributed by atoms with Gasteiger partial charge in [0.2, 0.25) is 0 Å². The Morgan fingerprint density at radius 2 is 1.67 bits per heavy atom. The van der Waals surface area contributed by atoms with Gasteiger partial charge in [-0.25, -0.2) is 4.79 Å². The van der Waals surface area contributed by atoms with E-state index < -0.39 is 0 Å². The van der Waals surface area contributed by atoms with Crippen LogP contribution in [0.3, 0.4) is 0 Å². The molecule has 1 aliphatic heterocycles. The first-order chi connectivity index (χ1) is 15.9. The highest BCUT2D eigenvalue weighted by Crippen LogP contribution is 2.22. The molecule has 0 atom stereocenters. The minimum Gasteiger partial charge on any atom is -0.462 e. The number of esters is 1. The maximum absolute atomic E-state index is 12.6. The van der Waals surface area contributed by atoms with E-state index in [0.717, 1.165) is 48.4 Å². The summed E-state index contributed by atoms with van der Waals surface area (Å²) in [6.45, 7) is 10.4. The first kappa shape index (κ1) is 27.9. The van der Waals surface area contributed by atoms with E-state index in [2.05, 4.69) is 45.0 Å². The molecule has 186 valence electrons. The maximum atomic E-state index is 12.6. The van der Waals surface area contributed by atoms with Crippen molar-refractivity contribution in [1.29, 1.82) is 0 Å². The van der Waals surface area contributed by atoms with Crippen molar-refractivity contribution >= 4 is 17.6 Å². The van der Waals surface area contributed by atoms with E-state index in [9.17, 15) is 4.79 Å². The Balaban J connectivity index is 1.77. The molecule has 0 bridgehead atoms. The molecule has 2 rings (SSSR count). The summed E-state index contributed by atoms with van der Waals surface area (Å²) in [6, 6.07) is 6.53. The molecule has 1 aromatic carbocycles. The topological polar surface area (TPSA) is 26.3 Å². The summed E-state index contributed by atoms with van der Waals surface area (Å²) in [5.74, 6) is -0.0428. The molecule has 1 heterocycles. The van der Waals surface area contributed by atoms with Gasteiger partial charge in [0, 0.05) is 11.5 Å². The third kappa shape index (κ3) is 11.1. The Hall–Kier alpha value is -1.32. The lowest BCUT2D eigenvalue weighted by atomic mass is 10.0. The number of hydrogen-bond acceptors (Lipinski definition) is 2. The maximum Gasteiger partial charge on any atom is 0.361 e. The van der Waals surface area contributed by atoms with Gasteiger partial charge in [0.15, 0.2) is 6.54 Å². The van der Waals surface area contributed by atoms with E-state index in [4.69, 9.17) is 16.3 Å². The summed E-state index contributed by atoms with van der Waals surface area (Å²) in [5, 5.41) is 0.873. The number of hydrogen-bond donors (Lipinski definition) is 0. The summed E-state index contributed by atoms with van der Waals surface area (Å²) in [5.41, 5.74) is 3.84. The van der Waals surface area contributed by atoms with E-state index in [0.29, 0.717) is 13.2 Å². The van der Waals surface area contributed by atoms with Crippen molar-refractivity contribution in [2.75, 3.05) is 32.8 Å². The van der Waals surface area contributed by atoms with E-state index in [1.807, 2.05) is 0 Å². The number of quaternary nitrogens is 1. The first-order valence-corrected chi connectivity index (χ1v) is 13.7. The second-order valence-electron chi connectivity index (χ2n) is 10.1. The van der Waals surface area contributed by atoms with Gasteiger partial charge >= 0.3 is 5.97 Å². The number of unbranched alkanes of at least 4 members (excludes halogenated alkanes) is 7. The number of allylic oxidation sites excluding steroid dienone is 1. The molecular weight excluding hydrogens is 430 g/mol. The van der Waals surface area contributed by atoms with Crippen LogP contribution in [0.1, 0.15) is 94.2 Å². The zero-order valence-corrected chi connectivity index (χ0v) is 22.2. The summed E-state index contributed by atoms with van der Waals surface area (Å²) >= 11 is 6.65. The molecule has 0 aliphatic carbocycles.